The number of nitrogens with zero attached hydrogens (tertiary/aromatic N) is 1. The number of hydrogen-bond donors (Lipinski definition) is 0. The highest BCUT2D eigenvalue weighted by Crippen LogP contribution is 2.30. The maximum Gasteiger partial charge on any atom is 0.0628 e. The second kappa shape index (κ2) is 5.92. The number of aromatic nitrogens is 1. The number of aryl methyl sites for hydroxylation is 1. The van der Waals surface area contributed by atoms with Crippen LogP contribution in [0.5, 0.6) is 0 Å². The Labute approximate surface area is 122 Å². The average molecular weight is 301 g/mol. The molecule has 2 rings (SSSR count). The summed E-state index contributed by atoms with van der Waals surface area (Å²) in [6.07, 6.45) is 4.03. The molecular formula is C14H12Cl3N. The highest BCUT2D eigenvalue weighted by atomic mass is 35.5. The van der Waals surface area contributed by atoms with Gasteiger partial charge in [0.1, 0.15) is 0 Å². The van der Waals surface area contributed by atoms with Crippen molar-refractivity contribution in [2.45, 2.75) is 18.7 Å². The fourth-order valence-corrected chi connectivity index (χ4v) is 2.70. The quantitative estimate of drug-likeness (QED) is 0.708. The molecule has 0 aliphatic rings. The topological polar surface area (TPSA) is 12.9 Å². The number of halogens is 3. The Morgan fingerprint density at radius 3 is 2.67 bits per heavy atom. The first-order valence-corrected chi connectivity index (χ1v) is 6.75. The maximum absolute atomic E-state index is 6.45. The van der Waals surface area contributed by atoms with Crippen molar-refractivity contribution in [2.24, 2.45) is 0 Å². The molecule has 0 spiro atoms. The van der Waals surface area contributed by atoms with E-state index in [-0.39, 0.29) is 5.38 Å². The predicted octanol–water partition coefficient (Wildman–Crippen LogP) is 5.22. The van der Waals surface area contributed by atoms with E-state index >= 15 is 0 Å². The third kappa shape index (κ3) is 3.17. The van der Waals surface area contributed by atoms with Crippen molar-refractivity contribution in [3.63, 3.8) is 0 Å². The SMILES string of the molecule is Cc1cc(Cl)ccc1C(Cl)Cc1ccncc1Cl. The lowest BCUT2D eigenvalue weighted by Gasteiger charge is -2.13. The van der Waals surface area contributed by atoms with Crippen LogP contribution >= 0.6 is 34.8 Å². The van der Waals surface area contributed by atoms with Crippen LogP contribution in [0.2, 0.25) is 10.0 Å². The van der Waals surface area contributed by atoms with Gasteiger partial charge in [-0.1, -0.05) is 29.3 Å². The van der Waals surface area contributed by atoms with Crippen LogP contribution in [0.1, 0.15) is 22.1 Å². The van der Waals surface area contributed by atoms with E-state index in [9.17, 15) is 0 Å². The molecule has 2 aromatic rings. The van der Waals surface area contributed by atoms with Crippen LogP contribution in [0.3, 0.4) is 0 Å². The monoisotopic (exact) mass is 299 g/mol. The maximum atomic E-state index is 6.45. The largest absolute Gasteiger partial charge is 0.263 e. The van der Waals surface area contributed by atoms with Crippen LogP contribution in [0.25, 0.3) is 0 Å². The molecule has 0 aliphatic carbocycles. The number of pyridine rings is 1. The van der Waals surface area contributed by atoms with Crippen LogP contribution in [0.15, 0.2) is 36.7 Å². The molecule has 1 aromatic carbocycles. The molecule has 1 heterocycles. The summed E-state index contributed by atoms with van der Waals surface area (Å²) in [5.41, 5.74) is 3.17. The molecule has 0 fully saturated rings. The normalized spacial score (nSPS) is 12.4. The highest BCUT2D eigenvalue weighted by Gasteiger charge is 2.13. The molecule has 0 amide bonds. The number of hydrogen-bond acceptors (Lipinski definition) is 1. The van der Waals surface area contributed by atoms with Gasteiger partial charge in [0.15, 0.2) is 0 Å². The first-order chi connectivity index (χ1) is 8.58. The van der Waals surface area contributed by atoms with Gasteiger partial charge in [0.25, 0.3) is 0 Å². The van der Waals surface area contributed by atoms with Gasteiger partial charge in [-0.2, -0.15) is 0 Å². The summed E-state index contributed by atoms with van der Waals surface area (Å²) in [6.45, 7) is 2.00. The second-order valence-corrected chi connectivity index (χ2v) is 5.51. The Morgan fingerprint density at radius 1 is 1.22 bits per heavy atom. The van der Waals surface area contributed by atoms with Gasteiger partial charge in [0.05, 0.1) is 10.4 Å². The van der Waals surface area contributed by atoms with Crippen molar-refractivity contribution in [3.8, 4) is 0 Å². The molecule has 94 valence electrons. The zero-order valence-electron chi connectivity index (χ0n) is 9.83. The van der Waals surface area contributed by atoms with E-state index in [0.29, 0.717) is 11.4 Å². The molecule has 1 atom stereocenters. The number of alkyl halides is 1. The summed E-state index contributed by atoms with van der Waals surface area (Å²) in [5, 5.41) is 1.25. The lowest BCUT2D eigenvalue weighted by molar-refractivity contribution is 0.907. The van der Waals surface area contributed by atoms with Crippen LogP contribution in [-0.2, 0) is 6.42 Å². The Hall–Kier alpha value is -0.760. The predicted molar refractivity (Wildman–Crippen MR) is 77.7 cm³/mol. The third-order valence-corrected chi connectivity index (χ3v) is 3.79. The summed E-state index contributed by atoms with van der Waals surface area (Å²) in [4.78, 5) is 3.96. The van der Waals surface area contributed by atoms with Crippen LogP contribution in [0.4, 0.5) is 0 Å². The van der Waals surface area contributed by atoms with E-state index in [1.54, 1.807) is 12.4 Å². The third-order valence-electron chi connectivity index (χ3n) is 2.82. The summed E-state index contributed by atoms with van der Waals surface area (Å²) >= 11 is 18.5. The molecular weight excluding hydrogens is 289 g/mol. The van der Waals surface area contributed by atoms with E-state index in [0.717, 1.165) is 21.7 Å². The first kappa shape index (κ1) is 13.7. The molecule has 1 unspecified atom stereocenters. The number of benzene rings is 1. The molecule has 0 saturated carbocycles. The molecule has 0 saturated heterocycles. The molecule has 1 aromatic heterocycles. The molecule has 0 aliphatic heterocycles. The smallest absolute Gasteiger partial charge is 0.0628 e. The van der Waals surface area contributed by atoms with E-state index in [1.807, 2.05) is 31.2 Å². The van der Waals surface area contributed by atoms with Gasteiger partial charge in [0.2, 0.25) is 0 Å². The summed E-state index contributed by atoms with van der Waals surface area (Å²) in [5.74, 6) is 0. The standard InChI is InChI=1S/C14H12Cl3N/c1-9-6-11(15)2-3-12(9)13(16)7-10-4-5-18-8-14(10)17/h2-6,8,13H,7H2,1H3. The van der Waals surface area contributed by atoms with Gasteiger partial charge in [-0.25, -0.2) is 0 Å². The molecule has 0 radical (unpaired) electrons. The molecule has 18 heavy (non-hydrogen) atoms. The van der Waals surface area contributed by atoms with Crippen molar-refractivity contribution < 1.29 is 0 Å². The van der Waals surface area contributed by atoms with Gasteiger partial charge < -0.3 is 0 Å². The lowest BCUT2D eigenvalue weighted by Crippen LogP contribution is -1.99. The van der Waals surface area contributed by atoms with Crippen molar-refractivity contribution in [1.82, 2.24) is 4.98 Å². The van der Waals surface area contributed by atoms with Crippen LogP contribution < -0.4 is 0 Å². The van der Waals surface area contributed by atoms with Crippen LogP contribution in [0, 0.1) is 6.92 Å². The van der Waals surface area contributed by atoms with Crippen molar-refractivity contribution in [2.75, 3.05) is 0 Å². The van der Waals surface area contributed by atoms with Gasteiger partial charge >= 0.3 is 0 Å². The minimum absolute atomic E-state index is 0.123. The van der Waals surface area contributed by atoms with Gasteiger partial charge in [0, 0.05) is 17.4 Å². The Bertz CT molecular complexity index is 554. The minimum atomic E-state index is -0.123. The molecule has 1 nitrogen and oxygen atoms in total. The van der Waals surface area contributed by atoms with Crippen molar-refractivity contribution >= 4 is 34.8 Å². The summed E-state index contributed by atoms with van der Waals surface area (Å²) < 4.78 is 0. The fraction of sp³-hybridized carbons (Fsp3) is 0.214. The number of rotatable bonds is 3. The minimum Gasteiger partial charge on any atom is -0.263 e. The second-order valence-electron chi connectivity index (χ2n) is 4.14. The van der Waals surface area contributed by atoms with Gasteiger partial charge in [-0.05, 0) is 48.2 Å². The highest BCUT2D eigenvalue weighted by molar-refractivity contribution is 6.31. The first-order valence-electron chi connectivity index (χ1n) is 5.56. The fourth-order valence-electron chi connectivity index (χ4n) is 1.86. The van der Waals surface area contributed by atoms with E-state index in [4.69, 9.17) is 34.8 Å². The Kier molecular flexibility index (Phi) is 4.50. The lowest BCUT2D eigenvalue weighted by atomic mass is 10.0. The van der Waals surface area contributed by atoms with E-state index in [1.165, 1.54) is 0 Å². The zero-order valence-corrected chi connectivity index (χ0v) is 12.1. The van der Waals surface area contributed by atoms with E-state index in [2.05, 4.69) is 4.98 Å². The Morgan fingerprint density at radius 2 is 2.00 bits per heavy atom. The van der Waals surface area contributed by atoms with Crippen molar-refractivity contribution in [1.29, 1.82) is 0 Å². The average Bonchev–Trinajstić information content (AvgIpc) is 2.32. The zero-order chi connectivity index (χ0) is 13.1. The molecule has 0 N–H and O–H groups in total. The Balaban J connectivity index is 2.22. The summed E-state index contributed by atoms with van der Waals surface area (Å²) in [7, 11) is 0. The van der Waals surface area contributed by atoms with Gasteiger partial charge in [-0.3, -0.25) is 4.98 Å². The van der Waals surface area contributed by atoms with Gasteiger partial charge in [-0.15, -0.1) is 11.6 Å². The molecule has 4 heteroatoms. The van der Waals surface area contributed by atoms with Crippen molar-refractivity contribution in [3.05, 3.63) is 63.4 Å². The summed E-state index contributed by atoms with van der Waals surface area (Å²) in [6, 6.07) is 7.63. The molecule has 0 bridgehead atoms. The van der Waals surface area contributed by atoms with E-state index < -0.39 is 0 Å². The van der Waals surface area contributed by atoms with Crippen LogP contribution in [-0.4, -0.2) is 4.98 Å².